The van der Waals surface area contributed by atoms with Crippen molar-refractivity contribution in [3.63, 3.8) is 0 Å². The van der Waals surface area contributed by atoms with E-state index in [-0.39, 0.29) is 29.8 Å². The molecule has 2 N–H and O–H groups in total. The second-order valence-electron chi connectivity index (χ2n) is 9.95. The molecule has 0 saturated heterocycles. The molecule has 178 valence electrons. The minimum Gasteiger partial charge on any atom is -0.444 e. The monoisotopic (exact) mass is 465 g/mol. The van der Waals surface area contributed by atoms with Gasteiger partial charge in [0.2, 0.25) is 5.91 Å². The number of alkyl carbamates (subject to hydrolysis) is 1. The van der Waals surface area contributed by atoms with Gasteiger partial charge in [0.1, 0.15) is 5.60 Å². The summed E-state index contributed by atoms with van der Waals surface area (Å²) in [4.78, 5) is 47.5. The number of hydrogen-bond acceptors (Lipinski definition) is 7. The molecule has 1 fully saturated rings. The Balaban J connectivity index is 1.73. The van der Waals surface area contributed by atoms with E-state index >= 15 is 0 Å². The molecule has 0 aromatic carbocycles. The Labute approximate surface area is 193 Å². The van der Waals surface area contributed by atoms with Crippen LogP contribution < -0.4 is 10.6 Å². The number of thiazole rings is 1. The van der Waals surface area contributed by atoms with E-state index < -0.39 is 11.7 Å². The van der Waals surface area contributed by atoms with Crippen molar-refractivity contribution in [2.24, 2.45) is 5.92 Å². The van der Waals surface area contributed by atoms with E-state index in [1.807, 2.05) is 0 Å². The number of aromatic nitrogens is 1. The molecule has 1 aliphatic heterocycles. The van der Waals surface area contributed by atoms with E-state index in [0.717, 1.165) is 30.1 Å². The quantitative estimate of drug-likeness (QED) is 0.705. The first-order valence-corrected chi connectivity index (χ1v) is 11.9. The molecule has 3 atom stereocenters. The van der Waals surface area contributed by atoms with Crippen LogP contribution in [-0.4, -0.2) is 78.1 Å². The van der Waals surface area contributed by atoms with Gasteiger partial charge in [-0.3, -0.25) is 9.59 Å². The average Bonchev–Trinajstić information content (AvgIpc) is 3.10. The summed E-state index contributed by atoms with van der Waals surface area (Å²) < 4.78 is 5.40. The average molecular weight is 466 g/mol. The minimum atomic E-state index is -0.617. The number of carbonyl (C=O) groups is 3. The summed E-state index contributed by atoms with van der Waals surface area (Å²) in [5.41, 5.74) is 0.375. The van der Waals surface area contributed by atoms with Crippen LogP contribution in [0.15, 0.2) is 0 Å². The van der Waals surface area contributed by atoms with E-state index in [9.17, 15) is 14.4 Å². The third-order valence-electron chi connectivity index (χ3n) is 5.78. The van der Waals surface area contributed by atoms with E-state index in [4.69, 9.17) is 4.74 Å². The highest BCUT2D eigenvalue weighted by Gasteiger charge is 2.37. The van der Waals surface area contributed by atoms with Crippen LogP contribution in [0.2, 0.25) is 0 Å². The fourth-order valence-corrected chi connectivity index (χ4v) is 5.29. The molecule has 0 bridgehead atoms. The molecule has 2 heterocycles. The molecule has 1 aromatic heterocycles. The highest BCUT2D eigenvalue weighted by molar-refractivity contribution is 7.13. The zero-order valence-electron chi connectivity index (χ0n) is 19.9. The SMILES string of the molecule is CN1CCc2nc(C(=O)N[C@@H]3C[C@@H](C(=O)N(C)C)CC[C@@H]3NC(=O)OC(C)(C)C)sc2C1. The molecule has 0 radical (unpaired) electrons. The van der Waals surface area contributed by atoms with Crippen molar-refractivity contribution in [3.05, 3.63) is 15.6 Å². The van der Waals surface area contributed by atoms with Crippen molar-refractivity contribution in [2.75, 3.05) is 27.7 Å². The van der Waals surface area contributed by atoms with Gasteiger partial charge in [0.25, 0.3) is 5.91 Å². The minimum absolute atomic E-state index is 0.0349. The fourth-order valence-electron chi connectivity index (χ4n) is 4.20. The second kappa shape index (κ2) is 9.74. The second-order valence-corrected chi connectivity index (χ2v) is 11.0. The summed E-state index contributed by atoms with van der Waals surface area (Å²) in [5.74, 6) is -0.427. The van der Waals surface area contributed by atoms with Crippen LogP contribution in [-0.2, 0) is 22.5 Å². The number of fused-ring (bicyclic) bond motifs is 1. The molecule has 0 spiro atoms. The highest BCUT2D eigenvalue weighted by atomic mass is 32.1. The molecule has 32 heavy (non-hydrogen) atoms. The van der Waals surface area contributed by atoms with E-state index in [1.54, 1.807) is 39.8 Å². The van der Waals surface area contributed by atoms with Gasteiger partial charge in [-0.2, -0.15) is 0 Å². The molecule has 3 rings (SSSR count). The van der Waals surface area contributed by atoms with Crippen LogP contribution in [0.4, 0.5) is 4.79 Å². The van der Waals surface area contributed by atoms with Gasteiger partial charge in [-0.05, 0) is 47.1 Å². The highest BCUT2D eigenvalue weighted by Crippen LogP contribution is 2.28. The number of nitrogens with one attached hydrogen (secondary N) is 2. The first-order valence-electron chi connectivity index (χ1n) is 11.1. The summed E-state index contributed by atoms with van der Waals surface area (Å²) in [5, 5.41) is 6.39. The number of hydrogen-bond donors (Lipinski definition) is 2. The van der Waals surface area contributed by atoms with Crippen molar-refractivity contribution < 1.29 is 19.1 Å². The number of rotatable bonds is 4. The van der Waals surface area contributed by atoms with Gasteiger partial charge in [0.05, 0.1) is 17.8 Å². The van der Waals surface area contributed by atoms with Gasteiger partial charge in [-0.25, -0.2) is 9.78 Å². The van der Waals surface area contributed by atoms with E-state index in [0.29, 0.717) is 24.3 Å². The van der Waals surface area contributed by atoms with Crippen LogP contribution >= 0.6 is 11.3 Å². The van der Waals surface area contributed by atoms with Crippen molar-refractivity contribution in [1.82, 2.24) is 25.4 Å². The van der Waals surface area contributed by atoms with E-state index in [1.165, 1.54) is 11.3 Å². The molecule has 9 nitrogen and oxygen atoms in total. The number of amides is 3. The van der Waals surface area contributed by atoms with Crippen molar-refractivity contribution in [1.29, 1.82) is 0 Å². The molecule has 10 heteroatoms. The zero-order valence-corrected chi connectivity index (χ0v) is 20.7. The largest absolute Gasteiger partial charge is 0.444 e. The fraction of sp³-hybridized carbons (Fsp3) is 0.727. The van der Waals surface area contributed by atoms with E-state index in [2.05, 4.69) is 27.6 Å². The lowest BCUT2D eigenvalue weighted by Crippen LogP contribution is -2.56. The summed E-state index contributed by atoms with van der Waals surface area (Å²) in [7, 11) is 5.52. The number of ether oxygens (including phenoxy) is 1. The van der Waals surface area contributed by atoms with Crippen LogP contribution in [0.3, 0.4) is 0 Å². The number of nitrogens with zero attached hydrogens (tertiary/aromatic N) is 3. The van der Waals surface area contributed by atoms with Gasteiger partial charge in [-0.1, -0.05) is 0 Å². The smallest absolute Gasteiger partial charge is 0.407 e. The third-order valence-corrected chi connectivity index (χ3v) is 6.86. The van der Waals surface area contributed by atoms with Gasteiger partial charge >= 0.3 is 6.09 Å². The molecule has 2 aliphatic rings. The summed E-state index contributed by atoms with van der Waals surface area (Å²) in [6.07, 6.45) is 1.99. The van der Waals surface area contributed by atoms with Gasteiger partial charge in [-0.15, -0.1) is 11.3 Å². The first kappa shape index (κ1) is 24.4. The molecule has 0 unspecified atom stereocenters. The number of carbonyl (C=O) groups excluding carboxylic acids is 3. The lowest BCUT2D eigenvalue weighted by atomic mass is 9.81. The molecule has 3 amide bonds. The standard InChI is InChI=1S/C22H35N5O4S/c1-22(2,3)31-21(30)25-14-8-7-13(20(29)26(4)5)11-16(14)23-18(28)19-24-15-9-10-27(6)12-17(15)32-19/h13-14,16H,7-12H2,1-6H3,(H,23,28)(H,25,30)/t13-,14-,16+/m0/s1. The lowest BCUT2D eigenvalue weighted by Gasteiger charge is -2.37. The summed E-state index contributed by atoms with van der Waals surface area (Å²) in [6, 6.07) is -0.706. The maximum absolute atomic E-state index is 13.1. The van der Waals surface area contributed by atoms with Gasteiger partial charge < -0.3 is 25.2 Å². The zero-order chi connectivity index (χ0) is 23.6. The normalized spacial score (nSPS) is 23.8. The Bertz CT molecular complexity index is 863. The molecule has 1 aromatic rings. The molecule has 1 aliphatic carbocycles. The maximum Gasteiger partial charge on any atom is 0.407 e. The predicted molar refractivity (Wildman–Crippen MR) is 123 cm³/mol. The Morgan fingerprint density at radius 1 is 1.16 bits per heavy atom. The van der Waals surface area contributed by atoms with Crippen LogP contribution in [0.5, 0.6) is 0 Å². The Morgan fingerprint density at radius 2 is 1.88 bits per heavy atom. The Kier molecular flexibility index (Phi) is 7.44. The van der Waals surface area contributed by atoms with Crippen molar-refractivity contribution in [3.8, 4) is 0 Å². The van der Waals surface area contributed by atoms with Crippen LogP contribution in [0.25, 0.3) is 0 Å². The summed E-state index contributed by atoms with van der Waals surface area (Å²) in [6.45, 7) is 7.14. The maximum atomic E-state index is 13.1. The third kappa shape index (κ3) is 6.19. The molecular weight excluding hydrogens is 430 g/mol. The Morgan fingerprint density at radius 3 is 2.53 bits per heavy atom. The number of likely N-dealkylation sites (N-methyl/N-ethyl adjacent to an activating group) is 1. The predicted octanol–water partition coefficient (Wildman–Crippen LogP) is 2.01. The molecular formula is C22H35N5O4S. The van der Waals surface area contributed by atoms with Crippen molar-refractivity contribution >= 4 is 29.2 Å². The lowest BCUT2D eigenvalue weighted by molar-refractivity contribution is -0.134. The first-order chi connectivity index (χ1) is 14.9. The topological polar surface area (TPSA) is 104 Å². The van der Waals surface area contributed by atoms with Gasteiger partial charge in [0.15, 0.2) is 5.01 Å². The van der Waals surface area contributed by atoms with Gasteiger partial charge in [0, 0.05) is 44.4 Å². The summed E-state index contributed by atoms with van der Waals surface area (Å²) >= 11 is 1.42. The van der Waals surface area contributed by atoms with Crippen molar-refractivity contribution in [2.45, 2.75) is 70.7 Å². The molecule has 1 saturated carbocycles. The Hall–Kier alpha value is -2.20. The van der Waals surface area contributed by atoms with Crippen LogP contribution in [0, 0.1) is 5.92 Å². The van der Waals surface area contributed by atoms with Crippen LogP contribution in [0.1, 0.15) is 60.4 Å².